The molecular weight excluding hydrogens is 236 g/mol. The first-order chi connectivity index (χ1) is 8.94. The fourth-order valence-corrected chi connectivity index (χ4v) is 2.03. The molecule has 0 spiro atoms. The maximum absolute atomic E-state index is 8.82. The van der Waals surface area contributed by atoms with E-state index in [1.54, 1.807) is 7.11 Å². The Bertz CT molecular complexity index is 460. The van der Waals surface area contributed by atoms with E-state index in [0.29, 0.717) is 0 Å². The van der Waals surface area contributed by atoms with Gasteiger partial charge in [0, 0.05) is 12.0 Å². The number of methoxy groups -OCH3 is 1. The summed E-state index contributed by atoms with van der Waals surface area (Å²) in [6.45, 7) is 9.15. The van der Waals surface area contributed by atoms with Crippen LogP contribution in [-0.4, -0.2) is 19.7 Å². The summed E-state index contributed by atoms with van der Waals surface area (Å²) >= 11 is 0. The summed E-state index contributed by atoms with van der Waals surface area (Å²) in [6, 6.07) is 8.42. The van der Waals surface area contributed by atoms with Crippen molar-refractivity contribution in [2.75, 3.05) is 13.7 Å². The zero-order chi connectivity index (χ0) is 14.5. The minimum absolute atomic E-state index is 0.0126. The lowest BCUT2D eigenvalue weighted by Crippen LogP contribution is -2.37. The largest absolute Gasteiger partial charge is 0.496 e. The highest BCUT2D eigenvalue weighted by Crippen LogP contribution is 2.28. The fraction of sp³-hybridized carbons (Fsp3) is 0.562. The standard InChI is InChI=1S/C16H24N2O/c1-6-13-9-14(7-8-15(13)19-5)16(3,4)11-18-12(2)10-17/h7-9,12,18H,6,11H2,1-5H3. The number of rotatable bonds is 6. The van der Waals surface area contributed by atoms with Gasteiger partial charge in [-0.2, -0.15) is 5.26 Å². The molecule has 0 saturated heterocycles. The van der Waals surface area contributed by atoms with E-state index in [1.807, 2.05) is 13.0 Å². The predicted octanol–water partition coefficient (Wildman–Crippen LogP) is 3.04. The second-order valence-electron chi connectivity index (χ2n) is 5.50. The van der Waals surface area contributed by atoms with Crippen molar-refractivity contribution in [3.63, 3.8) is 0 Å². The maximum Gasteiger partial charge on any atom is 0.122 e. The smallest absolute Gasteiger partial charge is 0.122 e. The first-order valence-corrected chi connectivity index (χ1v) is 6.75. The van der Waals surface area contributed by atoms with Gasteiger partial charge in [-0.25, -0.2) is 0 Å². The van der Waals surface area contributed by atoms with E-state index in [9.17, 15) is 0 Å². The molecule has 1 atom stereocenters. The molecule has 1 rings (SSSR count). The van der Waals surface area contributed by atoms with E-state index >= 15 is 0 Å². The summed E-state index contributed by atoms with van der Waals surface area (Å²) in [5, 5.41) is 12.1. The molecule has 0 amide bonds. The number of nitrogens with one attached hydrogen (secondary N) is 1. The van der Waals surface area contributed by atoms with E-state index < -0.39 is 0 Å². The van der Waals surface area contributed by atoms with Gasteiger partial charge in [0.2, 0.25) is 0 Å². The molecule has 0 radical (unpaired) electrons. The molecule has 0 aliphatic rings. The SMILES string of the molecule is CCc1cc(C(C)(C)CNC(C)C#N)ccc1OC. The van der Waals surface area contributed by atoms with Crippen LogP contribution in [0.4, 0.5) is 0 Å². The summed E-state index contributed by atoms with van der Waals surface area (Å²) in [6.07, 6.45) is 0.953. The van der Waals surface area contributed by atoms with Crippen molar-refractivity contribution >= 4 is 0 Å². The van der Waals surface area contributed by atoms with Crippen LogP contribution in [0.25, 0.3) is 0 Å². The number of ether oxygens (including phenoxy) is 1. The van der Waals surface area contributed by atoms with Crippen molar-refractivity contribution in [2.45, 2.75) is 45.6 Å². The molecule has 1 unspecified atom stereocenters. The van der Waals surface area contributed by atoms with Crippen molar-refractivity contribution in [3.05, 3.63) is 29.3 Å². The van der Waals surface area contributed by atoms with Gasteiger partial charge in [-0.15, -0.1) is 0 Å². The zero-order valence-corrected chi connectivity index (χ0v) is 12.6. The van der Waals surface area contributed by atoms with Crippen molar-refractivity contribution in [2.24, 2.45) is 0 Å². The first-order valence-electron chi connectivity index (χ1n) is 6.75. The van der Waals surface area contributed by atoms with Crippen molar-refractivity contribution in [1.29, 1.82) is 5.26 Å². The molecule has 0 saturated carbocycles. The van der Waals surface area contributed by atoms with E-state index in [4.69, 9.17) is 10.00 Å². The maximum atomic E-state index is 8.82. The quantitative estimate of drug-likeness (QED) is 0.855. The van der Waals surface area contributed by atoms with Gasteiger partial charge in [0.1, 0.15) is 5.75 Å². The second kappa shape index (κ2) is 6.58. The lowest BCUT2D eigenvalue weighted by atomic mass is 9.83. The molecule has 0 aromatic heterocycles. The number of benzene rings is 1. The van der Waals surface area contributed by atoms with E-state index in [1.165, 1.54) is 11.1 Å². The topological polar surface area (TPSA) is 45.0 Å². The van der Waals surface area contributed by atoms with Crippen LogP contribution in [0.15, 0.2) is 18.2 Å². The summed E-state index contributed by atoms with van der Waals surface area (Å²) in [5.41, 5.74) is 2.48. The highest BCUT2D eigenvalue weighted by atomic mass is 16.5. The van der Waals surface area contributed by atoms with Crippen LogP contribution < -0.4 is 10.1 Å². The van der Waals surface area contributed by atoms with Crippen LogP contribution in [-0.2, 0) is 11.8 Å². The minimum atomic E-state index is -0.122. The number of nitriles is 1. The van der Waals surface area contributed by atoms with Crippen LogP contribution in [0.3, 0.4) is 0 Å². The number of hydrogen-bond acceptors (Lipinski definition) is 3. The average molecular weight is 260 g/mol. The highest BCUT2D eigenvalue weighted by Gasteiger charge is 2.22. The molecule has 1 N–H and O–H groups in total. The van der Waals surface area contributed by atoms with Crippen LogP contribution in [0.1, 0.15) is 38.8 Å². The number of aryl methyl sites for hydroxylation is 1. The Balaban J connectivity index is 2.92. The Labute approximate surface area is 116 Å². The van der Waals surface area contributed by atoms with Crippen molar-refractivity contribution < 1.29 is 4.74 Å². The fourth-order valence-electron chi connectivity index (χ4n) is 2.03. The zero-order valence-electron chi connectivity index (χ0n) is 12.6. The Morgan fingerprint density at radius 1 is 1.42 bits per heavy atom. The molecule has 3 heteroatoms. The molecule has 0 aliphatic heterocycles. The molecule has 0 fully saturated rings. The average Bonchev–Trinajstić information content (AvgIpc) is 2.43. The molecule has 0 bridgehead atoms. The Morgan fingerprint density at radius 3 is 2.63 bits per heavy atom. The molecular formula is C16H24N2O. The van der Waals surface area contributed by atoms with Crippen molar-refractivity contribution in [3.8, 4) is 11.8 Å². The van der Waals surface area contributed by atoms with Gasteiger partial charge < -0.3 is 10.1 Å². The van der Waals surface area contributed by atoms with Gasteiger partial charge in [-0.3, -0.25) is 0 Å². The predicted molar refractivity (Wildman–Crippen MR) is 78.5 cm³/mol. The first kappa shape index (κ1) is 15.5. The van der Waals surface area contributed by atoms with Crippen LogP contribution in [0.2, 0.25) is 0 Å². The molecule has 1 aromatic rings. The van der Waals surface area contributed by atoms with Gasteiger partial charge in [0.05, 0.1) is 19.2 Å². The number of nitrogens with zero attached hydrogens (tertiary/aromatic N) is 1. The summed E-state index contributed by atoms with van der Waals surface area (Å²) in [4.78, 5) is 0. The number of hydrogen-bond donors (Lipinski definition) is 1. The van der Waals surface area contributed by atoms with Gasteiger partial charge in [0.25, 0.3) is 0 Å². The molecule has 0 aliphatic carbocycles. The summed E-state index contributed by atoms with van der Waals surface area (Å²) in [5.74, 6) is 0.945. The highest BCUT2D eigenvalue weighted by molar-refractivity contribution is 5.40. The van der Waals surface area contributed by atoms with Crippen LogP contribution in [0.5, 0.6) is 5.75 Å². The van der Waals surface area contributed by atoms with Gasteiger partial charge in [-0.05, 0) is 30.5 Å². The molecule has 3 nitrogen and oxygen atoms in total. The monoisotopic (exact) mass is 260 g/mol. The molecule has 1 aromatic carbocycles. The lowest BCUT2D eigenvalue weighted by molar-refractivity contribution is 0.408. The minimum Gasteiger partial charge on any atom is -0.496 e. The summed E-state index contributed by atoms with van der Waals surface area (Å²) in [7, 11) is 1.70. The Morgan fingerprint density at radius 2 is 2.11 bits per heavy atom. The second-order valence-corrected chi connectivity index (χ2v) is 5.50. The Kier molecular flexibility index (Phi) is 5.38. The third-order valence-corrected chi connectivity index (χ3v) is 3.49. The Hall–Kier alpha value is -1.53. The summed E-state index contributed by atoms with van der Waals surface area (Å²) < 4.78 is 5.36. The normalized spacial score (nSPS) is 12.8. The van der Waals surface area contributed by atoms with Gasteiger partial charge in [0.15, 0.2) is 0 Å². The third-order valence-electron chi connectivity index (χ3n) is 3.49. The van der Waals surface area contributed by atoms with E-state index in [-0.39, 0.29) is 11.5 Å². The van der Waals surface area contributed by atoms with Gasteiger partial charge in [-0.1, -0.05) is 32.9 Å². The lowest BCUT2D eigenvalue weighted by Gasteiger charge is -2.27. The van der Waals surface area contributed by atoms with Crippen molar-refractivity contribution in [1.82, 2.24) is 5.32 Å². The van der Waals surface area contributed by atoms with E-state index in [0.717, 1.165) is 18.7 Å². The van der Waals surface area contributed by atoms with E-state index in [2.05, 4.69) is 44.3 Å². The molecule has 0 heterocycles. The van der Waals surface area contributed by atoms with Crippen LogP contribution >= 0.6 is 0 Å². The van der Waals surface area contributed by atoms with Gasteiger partial charge >= 0.3 is 0 Å². The third kappa shape index (κ3) is 3.97. The van der Waals surface area contributed by atoms with Crippen LogP contribution in [0, 0.1) is 11.3 Å². The molecule has 19 heavy (non-hydrogen) atoms. The molecule has 104 valence electrons.